The highest BCUT2D eigenvalue weighted by Gasteiger charge is 2.59. The zero-order valence-corrected chi connectivity index (χ0v) is 22.8. The fourth-order valence-electron chi connectivity index (χ4n) is 9.31. The molecule has 4 aliphatic carbocycles. The van der Waals surface area contributed by atoms with Crippen molar-refractivity contribution in [2.45, 2.75) is 115 Å². The number of nitrogens with zero attached hydrogens (tertiary/aromatic N) is 1. The minimum atomic E-state index is -1.40. The third kappa shape index (κ3) is 4.21. The van der Waals surface area contributed by atoms with E-state index in [1.165, 1.54) is 31.3 Å². The van der Waals surface area contributed by atoms with Crippen molar-refractivity contribution in [2.24, 2.45) is 34.5 Å². The third-order valence-corrected chi connectivity index (χ3v) is 11.7. The summed E-state index contributed by atoms with van der Waals surface area (Å²) in [5, 5.41) is 40.2. The molecule has 0 radical (unpaired) electrons. The highest BCUT2D eigenvalue weighted by Crippen LogP contribution is 2.66. The Labute approximate surface area is 216 Å². The molecule has 4 fully saturated rings. The van der Waals surface area contributed by atoms with Crippen LogP contribution in [0.1, 0.15) is 72.1 Å². The third-order valence-electron chi connectivity index (χ3n) is 11.7. The van der Waals surface area contributed by atoms with Crippen LogP contribution in [0.3, 0.4) is 0 Å². The van der Waals surface area contributed by atoms with Gasteiger partial charge in [-0.3, -0.25) is 0 Å². The molecule has 7 nitrogen and oxygen atoms in total. The summed E-state index contributed by atoms with van der Waals surface area (Å²) in [7, 11) is 4.46. The minimum Gasteiger partial charge on any atom is -0.394 e. The molecule has 0 aromatic carbocycles. The number of ether oxygens (including phenoxy) is 2. The Kier molecular flexibility index (Phi) is 7.43. The molecule has 5 aliphatic rings. The number of hydrogen-bond donors (Lipinski definition) is 4. The maximum atomic E-state index is 10.4. The van der Waals surface area contributed by atoms with Gasteiger partial charge in [0.2, 0.25) is 0 Å². The molecule has 1 aliphatic heterocycles. The monoisotopic (exact) mass is 507 g/mol. The van der Waals surface area contributed by atoms with E-state index in [1.807, 2.05) is 0 Å². The lowest BCUT2D eigenvalue weighted by Crippen LogP contribution is -2.60. The lowest BCUT2D eigenvalue weighted by atomic mass is 9.47. The highest BCUT2D eigenvalue weighted by atomic mass is 16.7. The fraction of sp³-hybridized carbons (Fsp3) is 0.931. The SMILES string of the molecule is C[C@@H]([C@H]1CC[C@H]2[C@@H]3CC=C4C[C@@H](O[C@@H]5O[C@H](CO)[C@@H](O)[C@H](O)[C@H]5O)CC[C@]4(C)[C@H]3CC[C@]12C)N(C)C. The average Bonchev–Trinajstić information content (AvgIpc) is 3.21. The Balaban J connectivity index is 1.29. The van der Waals surface area contributed by atoms with Crippen LogP contribution in [0.2, 0.25) is 0 Å². The molecule has 7 heteroatoms. The lowest BCUT2D eigenvalue weighted by Gasteiger charge is -2.58. The van der Waals surface area contributed by atoms with Crippen molar-refractivity contribution in [3.63, 3.8) is 0 Å². The van der Waals surface area contributed by atoms with Crippen LogP contribution in [0.5, 0.6) is 0 Å². The number of allylic oxidation sites excluding steroid dienone is 1. The van der Waals surface area contributed by atoms with Crippen molar-refractivity contribution in [1.29, 1.82) is 0 Å². The summed E-state index contributed by atoms with van der Waals surface area (Å²) in [6.07, 6.45) is 5.61. The van der Waals surface area contributed by atoms with E-state index in [1.54, 1.807) is 0 Å². The van der Waals surface area contributed by atoms with Gasteiger partial charge in [-0.1, -0.05) is 25.5 Å². The molecule has 1 saturated heterocycles. The molecule has 0 aromatic rings. The van der Waals surface area contributed by atoms with Crippen LogP contribution in [0, 0.1) is 34.5 Å². The van der Waals surface area contributed by atoms with E-state index in [4.69, 9.17) is 9.47 Å². The van der Waals surface area contributed by atoms with E-state index in [2.05, 4.69) is 45.8 Å². The van der Waals surface area contributed by atoms with Gasteiger partial charge in [0.1, 0.15) is 24.4 Å². The first-order chi connectivity index (χ1) is 17.0. The van der Waals surface area contributed by atoms with E-state index < -0.39 is 37.3 Å². The number of rotatable bonds is 5. The van der Waals surface area contributed by atoms with Gasteiger partial charge in [0.25, 0.3) is 0 Å². The summed E-state index contributed by atoms with van der Waals surface area (Å²) >= 11 is 0. The molecule has 36 heavy (non-hydrogen) atoms. The molecular formula is C29H49NO6. The Morgan fingerprint density at radius 1 is 1.03 bits per heavy atom. The second-order valence-corrected chi connectivity index (χ2v) is 13.4. The number of aliphatic hydroxyl groups is 4. The molecular weight excluding hydrogens is 458 g/mol. The Morgan fingerprint density at radius 3 is 2.47 bits per heavy atom. The second-order valence-electron chi connectivity index (χ2n) is 13.4. The first-order valence-corrected chi connectivity index (χ1v) is 14.3. The number of hydrogen-bond acceptors (Lipinski definition) is 7. The predicted molar refractivity (Wildman–Crippen MR) is 137 cm³/mol. The standard InChI is InChI=1S/C29H49NO6/c1-16(30(4)5)20-8-9-21-19-7-6-17-14-18(10-12-28(17,2)22(19)11-13-29(20,21)3)35-27-26(34)25(33)24(32)23(15-31)36-27/h6,16,18-27,31-34H,7-15H2,1-5H3/t16-,18-,19-,20+,21-,22-,23+,24+,25-,26+,27+,28-,29+/m0/s1. The Morgan fingerprint density at radius 2 is 1.78 bits per heavy atom. The van der Waals surface area contributed by atoms with Gasteiger partial charge in [-0.25, -0.2) is 0 Å². The average molecular weight is 508 g/mol. The van der Waals surface area contributed by atoms with Gasteiger partial charge in [0.05, 0.1) is 12.7 Å². The van der Waals surface area contributed by atoms with Crippen LogP contribution in [-0.4, -0.2) is 88.9 Å². The smallest absolute Gasteiger partial charge is 0.186 e. The van der Waals surface area contributed by atoms with Gasteiger partial charge in [-0.2, -0.15) is 0 Å². The summed E-state index contributed by atoms with van der Waals surface area (Å²) in [5.41, 5.74) is 2.13. The maximum Gasteiger partial charge on any atom is 0.186 e. The summed E-state index contributed by atoms with van der Waals surface area (Å²) in [6, 6.07) is 0.622. The van der Waals surface area contributed by atoms with E-state index >= 15 is 0 Å². The normalized spacial score (nSPS) is 51.8. The summed E-state index contributed by atoms with van der Waals surface area (Å²) in [5.74, 6) is 3.07. The van der Waals surface area contributed by atoms with Gasteiger partial charge < -0.3 is 34.8 Å². The quantitative estimate of drug-likeness (QED) is 0.424. The molecule has 0 unspecified atom stereocenters. The highest BCUT2D eigenvalue weighted by molar-refractivity contribution is 5.25. The van der Waals surface area contributed by atoms with Crippen molar-refractivity contribution in [2.75, 3.05) is 20.7 Å². The molecule has 206 valence electrons. The second kappa shape index (κ2) is 9.89. The molecule has 0 aromatic heterocycles. The fourth-order valence-corrected chi connectivity index (χ4v) is 9.31. The summed E-state index contributed by atoms with van der Waals surface area (Å²) < 4.78 is 11.8. The minimum absolute atomic E-state index is 0.104. The zero-order chi connectivity index (χ0) is 26.0. The first-order valence-electron chi connectivity index (χ1n) is 14.3. The Bertz CT molecular complexity index is 833. The molecule has 0 bridgehead atoms. The largest absolute Gasteiger partial charge is 0.394 e. The van der Waals surface area contributed by atoms with Crippen LogP contribution in [0.4, 0.5) is 0 Å². The molecule has 0 amide bonds. The van der Waals surface area contributed by atoms with E-state index in [0.717, 1.165) is 49.4 Å². The van der Waals surface area contributed by atoms with E-state index in [0.29, 0.717) is 11.5 Å². The van der Waals surface area contributed by atoms with Gasteiger partial charge in [-0.05, 0) is 107 Å². The van der Waals surface area contributed by atoms with Crippen molar-refractivity contribution in [3.05, 3.63) is 11.6 Å². The molecule has 0 spiro atoms. The van der Waals surface area contributed by atoms with Crippen LogP contribution in [0.15, 0.2) is 11.6 Å². The topological polar surface area (TPSA) is 103 Å². The number of aliphatic hydroxyl groups excluding tert-OH is 4. The van der Waals surface area contributed by atoms with E-state index in [-0.39, 0.29) is 11.5 Å². The Hall–Kier alpha value is -0.540. The summed E-state index contributed by atoms with van der Waals surface area (Å²) in [4.78, 5) is 2.42. The number of fused-ring (bicyclic) bond motifs is 5. The molecule has 3 saturated carbocycles. The molecule has 4 N–H and O–H groups in total. The molecule has 1 heterocycles. The summed E-state index contributed by atoms with van der Waals surface area (Å²) in [6.45, 7) is 7.06. The zero-order valence-electron chi connectivity index (χ0n) is 22.8. The lowest BCUT2D eigenvalue weighted by molar-refractivity contribution is -0.313. The molecule has 5 rings (SSSR count). The van der Waals surface area contributed by atoms with Crippen LogP contribution >= 0.6 is 0 Å². The van der Waals surface area contributed by atoms with Crippen molar-refractivity contribution in [3.8, 4) is 0 Å². The molecule has 13 atom stereocenters. The van der Waals surface area contributed by atoms with E-state index in [9.17, 15) is 20.4 Å². The van der Waals surface area contributed by atoms with Crippen LogP contribution in [0.25, 0.3) is 0 Å². The van der Waals surface area contributed by atoms with Gasteiger partial charge >= 0.3 is 0 Å². The van der Waals surface area contributed by atoms with Crippen molar-refractivity contribution in [1.82, 2.24) is 4.90 Å². The van der Waals surface area contributed by atoms with Crippen molar-refractivity contribution < 1.29 is 29.9 Å². The van der Waals surface area contributed by atoms with Gasteiger partial charge in [0.15, 0.2) is 6.29 Å². The predicted octanol–water partition coefficient (Wildman–Crippen LogP) is 2.70. The van der Waals surface area contributed by atoms with Crippen LogP contribution in [-0.2, 0) is 9.47 Å². The van der Waals surface area contributed by atoms with Crippen molar-refractivity contribution >= 4 is 0 Å². The first kappa shape index (κ1) is 27.0. The van der Waals surface area contributed by atoms with Gasteiger partial charge in [-0.15, -0.1) is 0 Å². The maximum absolute atomic E-state index is 10.4. The van der Waals surface area contributed by atoms with Crippen LogP contribution < -0.4 is 0 Å². The van der Waals surface area contributed by atoms with Gasteiger partial charge in [0, 0.05) is 6.04 Å².